The third-order valence-corrected chi connectivity index (χ3v) is 11.6. The van der Waals surface area contributed by atoms with Crippen molar-refractivity contribution in [3.05, 3.63) is 12.2 Å². The summed E-state index contributed by atoms with van der Waals surface area (Å²) in [5.41, 5.74) is 5.36. The molecule has 0 bridgehead atoms. The Morgan fingerprint density at radius 1 is 0.509 bits per heavy atom. The zero-order chi connectivity index (χ0) is 41.8. The molecule has 9 nitrogen and oxygen atoms in total. The predicted molar refractivity (Wildman–Crippen MR) is 238 cm³/mol. The highest BCUT2D eigenvalue weighted by Gasteiger charge is 2.26. The van der Waals surface area contributed by atoms with Crippen LogP contribution in [0.15, 0.2) is 12.2 Å². The molecular formula is C47H92NO8P. The van der Waals surface area contributed by atoms with Crippen LogP contribution in [0.5, 0.6) is 0 Å². The molecule has 57 heavy (non-hydrogen) atoms. The normalized spacial score (nSPS) is 13.3. The number of hydrogen-bond donors (Lipinski definition) is 2. The van der Waals surface area contributed by atoms with Crippen molar-refractivity contribution in [3.8, 4) is 0 Å². The molecule has 0 radical (unpaired) electrons. The summed E-state index contributed by atoms with van der Waals surface area (Å²) in [6, 6.07) is 0. The van der Waals surface area contributed by atoms with E-state index >= 15 is 0 Å². The molecule has 2 atom stereocenters. The zero-order valence-corrected chi connectivity index (χ0v) is 38.2. The molecule has 0 aromatic carbocycles. The minimum absolute atomic E-state index is 0.0559. The number of rotatable bonds is 46. The van der Waals surface area contributed by atoms with E-state index in [0.717, 1.165) is 32.1 Å². The van der Waals surface area contributed by atoms with Crippen molar-refractivity contribution in [1.82, 2.24) is 0 Å². The van der Waals surface area contributed by atoms with Crippen molar-refractivity contribution in [1.29, 1.82) is 0 Å². The Morgan fingerprint density at radius 2 is 0.860 bits per heavy atom. The maximum Gasteiger partial charge on any atom is 0.472 e. The number of carbonyl (C=O) groups excluding carboxylic acids is 2. The molecule has 0 aliphatic carbocycles. The maximum absolute atomic E-state index is 12.6. The van der Waals surface area contributed by atoms with Gasteiger partial charge in [0.25, 0.3) is 0 Å². The largest absolute Gasteiger partial charge is 0.472 e. The predicted octanol–water partition coefficient (Wildman–Crippen LogP) is 14.2. The van der Waals surface area contributed by atoms with Crippen molar-refractivity contribution >= 4 is 19.8 Å². The molecule has 1 unspecified atom stereocenters. The molecule has 0 spiro atoms. The van der Waals surface area contributed by atoms with Crippen LogP contribution in [0.1, 0.15) is 245 Å². The fourth-order valence-electron chi connectivity index (χ4n) is 7.04. The number of esters is 2. The minimum atomic E-state index is -4.37. The van der Waals surface area contributed by atoms with Crippen LogP contribution in [0.4, 0.5) is 0 Å². The Bertz CT molecular complexity index is 948. The molecule has 338 valence electrons. The fourth-order valence-corrected chi connectivity index (χ4v) is 7.81. The highest BCUT2D eigenvalue weighted by Crippen LogP contribution is 2.43. The summed E-state index contributed by atoms with van der Waals surface area (Å²) in [6.45, 7) is 3.77. The van der Waals surface area contributed by atoms with E-state index in [0.29, 0.717) is 6.42 Å². The number of nitrogens with two attached hydrogens (primary N) is 1. The zero-order valence-electron chi connectivity index (χ0n) is 37.3. The molecule has 0 aliphatic heterocycles. The molecule has 0 heterocycles. The Labute approximate surface area is 351 Å². The first kappa shape index (κ1) is 55.8. The average Bonchev–Trinajstić information content (AvgIpc) is 3.20. The molecule has 0 saturated heterocycles. The van der Waals surface area contributed by atoms with E-state index in [2.05, 4.69) is 26.0 Å². The van der Waals surface area contributed by atoms with Gasteiger partial charge in [-0.2, -0.15) is 0 Å². The van der Waals surface area contributed by atoms with E-state index < -0.39 is 26.5 Å². The van der Waals surface area contributed by atoms with Gasteiger partial charge in [0.2, 0.25) is 0 Å². The molecule has 0 aromatic rings. The number of carbonyl (C=O) groups is 2. The van der Waals surface area contributed by atoms with Crippen molar-refractivity contribution in [3.63, 3.8) is 0 Å². The molecule has 0 fully saturated rings. The van der Waals surface area contributed by atoms with Gasteiger partial charge in [-0.05, 0) is 38.5 Å². The van der Waals surface area contributed by atoms with Gasteiger partial charge >= 0.3 is 19.8 Å². The van der Waals surface area contributed by atoms with Gasteiger partial charge in [-0.15, -0.1) is 0 Å². The standard InChI is InChI=1S/C47H92NO8P/c1-3-5-7-9-11-13-15-17-19-21-22-24-26-28-30-32-34-36-38-40-47(50)56-45(44-55-57(51,52)54-42-41-48)43-53-46(49)39-37-35-33-31-29-27-25-23-20-18-16-14-12-10-8-6-4-2/h18,20,45H,3-17,19,21-44,48H2,1-2H3,(H,51,52)/b20-18+/t45-/m1/s1. The van der Waals surface area contributed by atoms with Crippen LogP contribution in [0, 0.1) is 0 Å². The first-order valence-corrected chi connectivity index (χ1v) is 25.7. The lowest BCUT2D eigenvalue weighted by molar-refractivity contribution is -0.161. The number of allylic oxidation sites excluding steroid dienone is 2. The molecule has 0 aliphatic rings. The second-order valence-electron chi connectivity index (χ2n) is 16.3. The molecule has 0 amide bonds. The Balaban J connectivity index is 4.05. The summed E-state index contributed by atoms with van der Waals surface area (Å²) in [5.74, 6) is -0.819. The number of ether oxygens (including phenoxy) is 2. The van der Waals surface area contributed by atoms with Gasteiger partial charge in [-0.3, -0.25) is 18.6 Å². The second-order valence-corrected chi connectivity index (χ2v) is 17.8. The van der Waals surface area contributed by atoms with Crippen LogP contribution in [0.25, 0.3) is 0 Å². The van der Waals surface area contributed by atoms with Crippen LogP contribution >= 0.6 is 7.82 Å². The third-order valence-electron chi connectivity index (χ3n) is 10.7. The lowest BCUT2D eigenvalue weighted by atomic mass is 10.0. The summed E-state index contributed by atoms with van der Waals surface area (Å²) in [5, 5.41) is 0. The number of phosphoric acid groups is 1. The molecule has 3 N–H and O–H groups in total. The van der Waals surface area contributed by atoms with E-state index in [1.165, 1.54) is 180 Å². The molecule has 0 aromatic heterocycles. The molecule has 0 saturated carbocycles. The van der Waals surface area contributed by atoms with E-state index in [-0.39, 0.29) is 38.6 Å². The molecule has 10 heteroatoms. The van der Waals surface area contributed by atoms with Gasteiger partial charge in [0.05, 0.1) is 13.2 Å². The highest BCUT2D eigenvalue weighted by molar-refractivity contribution is 7.47. The summed E-state index contributed by atoms with van der Waals surface area (Å²) in [7, 11) is -4.37. The van der Waals surface area contributed by atoms with Crippen LogP contribution in [-0.2, 0) is 32.7 Å². The maximum atomic E-state index is 12.6. The van der Waals surface area contributed by atoms with E-state index in [9.17, 15) is 19.0 Å². The fraction of sp³-hybridized carbons (Fsp3) is 0.915. The Hall–Kier alpha value is -1.25. The van der Waals surface area contributed by atoms with E-state index in [1.807, 2.05) is 0 Å². The van der Waals surface area contributed by atoms with Crippen LogP contribution in [-0.4, -0.2) is 49.3 Å². The van der Waals surface area contributed by atoms with Crippen molar-refractivity contribution < 1.29 is 37.6 Å². The number of phosphoric ester groups is 1. The lowest BCUT2D eigenvalue weighted by Crippen LogP contribution is -2.29. The van der Waals surface area contributed by atoms with Gasteiger partial charge in [-0.1, -0.05) is 206 Å². The van der Waals surface area contributed by atoms with Gasteiger partial charge < -0.3 is 20.1 Å². The summed E-state index contributed by atoms with van der Waals surface area (Å²) in [4.78, 5) is 35.0. The first-order chi connectivity index (χ1) is 27.8. The summed E-state index contributed by atoms with van der Waals surface area (Å²) < 4.78 is 32.9. The van der Waals surface area contributed by atoms with Crippen LogP contribution in [0.3, 0.4) is 0 Å². The lowest BCUT2D eigenvalue weighted by Gasteiger charge is -2.19. The summed E-state index contributed by atoms with van der Waals surface area (Å²) in [6.07, 6.45) is 46.7. The van der Waals surface area contributed by atoms with E-state index in [4.69, 9.17) is 24.3 Å². The van der Waals surface area contributed by atoms with Crippen LogP contribution in [0.2, 0.25) is 0 Å². The third kappa shape index (κ3) is 44.1. The number of hydrogen-bond acceptors (Lipinski definition) is 8. The minimum Gasteiger partial charge on any atom is -0.462 e. The Morgan fingerprint density at radius 3 is 1.25 bits per heavy atom. The van der Waals surface area contributed by atoms with Gasteiger partial charge in [-0.25, -0.2) is 4.57 Å². The number of unbranched alkanes of at least 4 members (excludes halogenated alkanes) is 31. The van der Waals surface area contributed by atoms with Crippen molar-refractivity contribution in [2.45, 2.75) is 251 Å². The highest BCUT2D eigenvalue weighted by atomic mass is 31.2. The topological polar surface area (TPSA) is 134 Å². The first-order valence-electron chi connectivity index (χ1n) is 24.2. The summed E-state index contributed by atoms with van der Waals surface area (Å²) >= 11 is 0. The molecule has 0 rings (SSSR count). The molecular weight excluding hydrogens is 737 g/mol. The van der Waals surface area contributed by atoms with Crippen molar-refractivity contribution in [2.75, 3.05) is 26.4 Å². The smallest absolute Gasteiger partial charge is 0.462 e. The van der Waals surface area contributed by atoms with Gasteiger partial charge in [0.1, 0.15) is 6.61 Å². The Kier molecular flexibility index (Phi) is 43.3. The average molecular weight is 830 g/mol. The SMILES string of the molecule is CCCCCCCC/C=C/CCCCCCCCCC(=O)OC[C@H](COP(=O)(O)OCCN)OC(=O)CCCCCCCCCCCCCCCCCCCCC. The van der Waals surface area contributed by atoms with Crippen LogP contribution < -0.4 is 5.73 Å². The second kappa shape index (κ2) is 44.3. The van der Waals surface area contributed by atoms with E-state index in [1.54, 1.807) is 0 Å². The van der Waals surface area contributed by atoms with Gasteiger partial charge in [0, 0.05) is 19.4 Å². The quantitative estimate of drug-likeness (QED) is 0.0266. The monoisotopic (exact) mass is 830 g/mol. The van der Waals surface area contributed by atoms with Gasteiger partial charge in [0.15, 0.2) is 6.10 Å². The van der Waals surface area contributed by atoms with Crippen molar-refractivity contribution in [2.24, 2.45) is 5.73 Å².